The van der Waals surface area contributed by atoms with Crippen molar-refractivity contribution in [3.8, 4) is 0 Å². The molecule has 1 saturated heterocycles. The first-order chi connectivity index (χ1) is 7.09. The molecule has 2 heteroatoms. The Balaban J connectivity index is 2.45. The zero-order chi connectivity index (χ0) is 11.3. The number of nitrogens with zero attached hydrogens (tertiary/aromatic N) is 1. The van der Waals surface area contributed by atoms with Crippen LogP contribution >= 0.6 is 0 Å². The summed E-state index contributed by atoms with van der Waals surface area (Å²) < 4.78 is 0. The van der Waals surface area contributed by atoms with Crippen molar-refractivity contribution in [2.45, 2.75) is 46.6 Å². The second kappa shape index (κ2) is 6.49. The molecule has 0 aliphatic carbocycles. The van der Waals surface area contributed by atoms with Crippen LogP contribution in [0.3, 0.4) is 0 Å². The molecule has 1 N–H and O–H groups in total. The summed E-state index contributed by atoms with van der Waals surface area (Å²) in [4.78, 5) is 2.72. The minimum absolute atomic E-state index is 0.790. The predicted molar refractivity (Wildman–Crippen MR) is 67.1 cm³/mol. The van der Waals surface area contributed by atoms with Gasteiger partial charge >= 0.3 is 0 Å². The summed E-state index contributed by atoms with van der Waals surface area (Å²) in [7, 11) is 0. The van der Waals surface area contributed by atoms with E-state index in [0.717, 1.165) is 17.9 Å². The molecule has 1 fully saturated rings. The molecule has 0 bridgehead atoms. The summed E-state index contributed by atoms with van der Waals surface area (Å²) in [6.07, 6.45) is 2.67. The number of piperidine rings is 1. The summed E-state index contributed by atoms with van der Waals surface area (Å²) in [5, 5.41) is 3.45. The number of hydrogen-bond acceptors (Lipinski definition) is 2. The molecule has 15 heavy (non-hydrogen) atoms. The Labute approximate surface area is 95.4 Å². The van der Waals surface area contributed by atoms with Gasteiger partial charge in [-0.2, -0.15) is 0 Å². The first-order valence-electron chi connectivity index (χ1n) is 6.54. The third-order valence-electron chi connectivity index (χ3n) is 3.02. The smallest absolute Gasteiger partial charge is 0.0120 e. The van der Waals surface area contributed by atoms with E-state index >= 15 is 0 Å². The second-order valence-corrected chi connectivity index (χ2v) is 5.72. The quantitative estimate of drug-likeness (QED) is 0.752. The zero-order valence-corrected chi connectivity index (χ0v) is 10.9. The molecule has 0 unspecified atom stereocenters. The average Bonchev–Trinajstić information content (AvgIpc) is 2.17. The van der Waals surface area contributed by atoms with E-state index in [9.17, 15) is 0 Å². The van der Waals surface area contributed by atoms with Crippen LogP contribution < -0.4 is 5.32 Å². The lowest BCUT2D eigenvalue weighted by molar-refractivity contribution is 0.130. The third kappa shape index (κ3) is 4.98. The number of hydrogen-bond donors (Lipinski definition) is 1. The van der Waals surface area contributed by atoms with Crippen molar-refractivity contribution >= 4 is 0 Å². The normalized spacial score (nSPS) is 19.4. The van der Waals surface area contributed by atoms with E-state index in [0.29, 0.717) is 0 Å². The monoisotopic (exact) mass is 212 g/mol. The van der Waals surface area contributed by atoms with E-state index in [2.05, 4.69) is 37.9 Å². The van der Waals surface area contributed by atoms with Gasteiger partial charge in [0.2, 0.25) is 0 Å². The summed E-state index contributed by atoms with van der Waals surface area (Å²) in [5.41, 5.74) is 0. The van der Waals surface area contributed by atoms with Gasteiger partial charge in [0.1, 0.15) is 0 Å². The standard InChI is InChI=1S/C13H28N2/c1-11(2)9-15(10-12(3)4)13-5-7-14-8-6-13/h11-14H,5-10H2,1-4H3. The van der Waals surface area contributed by atoms with E-state index in [-0.39, 0.29) is 0 Å². The highest BCUT2D eigenvalue weighted by Gasteiger charge is 2.21. The van der Waals surface area contributed by atoms with Crippen molar-refractivity contribution in [1.82, 2.24) is 10.2 Å². The van der Waals surface area contributed by atoms with Crippen LogP contribution in [0.1, 0.15) is 40.5 Å². The van der Waals surface area contributed by atoms with Gasteiger partial charge in [0.05, 0.1) is 0 Å². The van der Waals surface area contributed by atoms with Crippen LogP contribution in [0, 0.1) is 11.8 Å². The molecule has 0 spiro atoms. The Morgan fingerprint density at radius 2 is 1.47 bits per heavy atom. The van der Waals surface area contributed by atoms with Crippen LogP contribution in [-0.2, 0) is 0 Å². The van der Waals surface area contributed by atoms with Crippen molar-refractivity contribution in [1.29, 1.82) is 0 Å². The minimum Gasteiger partial charge on any atom is -0.317 e. The zero-order valence-electron chi connectivity index (χ0n) is 10.9. The molecule has 0 aromatic heterocycles. The molecule has 0 saturated carbocycles. The molecule has 1 rings (SSSR count). The molecular weight excluding hydrogens is 184 g/mol. The van der Waals surface area contributed by atoms with Gasteiger partial charge in [-0.25, -0.2) is 0 Å². The molecule has 0 aromatic carbocycles. The molecule has 0 radical (unpaired) electrons. The molecule has 0 amide bonds. The molecule has 1 aliphatic heterocycles. The molecule has 1 aliphatic rings. The maximum atomic E-state index is 3.45. The lowest BCUT2D eigenvalue weighted by Crippen LogP contribution is -2.45. The first kappa shape index (κ1) is 13.0. The van der Waals surface area contributed by atoms with E-state index in [4.69, 9.17) is 0 Å². The van der Waals surface area contributed by atoms with Gasteiger partial charge in [0.25, 0.3) is 0 Å². The highest BCUT2D eigenvalue weighted by Crippen LogP contribution is 2.15. The third-order valence-corrected chi connectivity index (χ3v) is 3.02. The lowest BCUT2D eigenvalue weighted by atomic mass is 10.0. The van der Waals surface area contributed by atoms with Gasteiger partial charge in [0.15, 0.2) is 0 Å². The van der Waals surface area contributed by atoms with Gasteiger partial charge in [-0.1, -0.05) is 27.7 Å². The van der Waals surface area contributed by atoms with Crippen molar-refractivity contribution < 1.29 is 0 Å². The molecule has 0 aromatic rings. The topological polar surface area (TPSA) is 15.3 Å². The Kier molecular flexibility index (Phi) is 5.62. The van der Waals surface area contributed by atoms with Crippen LogP contribution in [0.4, 0.5) is 0 Å². The number of nitrogens with one attached hydrogen (secondary N) is 1. The van der Waals surface area contributed by atoms with Crippen LogP contribution in [0.5, 0.6) is 0 Å². The fraction of sp³-hybridized carbons (Fsp3) is 1.00. The largest absolute Gasteiger partial charge is 0.317 e. The van der Waals surface area contributed by atoms with Gasteiger partial charge < -0.3 is 5.32 Å². The van der Waals surface area contributed by atoms with E-state index in [1.54, 1.807) is 0 Å². The number of rotatable bonds is 5. The van der Waals surface area contributed by atoms with Crippen molar-refractivity contribution in [3.05, 3.63) is 0 Å². The van der Waals surface area contributed by atoms with Crippen LogP contribution in [0.15, 0.2) is 0 Å². The highest BCUT2D eigenvalue weighted by molar-refractivity contribution is 4.79. The molecule has 1 heterocycles. The van der Waals surface area contributed by atoms with Gasteiger partial charge in [0, 0.05) is 19.1 Å². The van der Waals surface area contributed by atoms with Crippen molar-refractivity contribution in [2.24, 2.45) is 11.8 Å². The SMILES string of the molecule is CC(C)CN(CC(C)C)C1CCNCC1. The summed E-state index contributed by atoms with van der Waals surface area (Å²) in [6, 6.07) is 0.830. The van der Waals surface area contributed by atoms with Gasteiger partial charge in [-0.05, 0) is 37.8 Å². The summed E-state index contributed by atoms with van der Waals surface area (Å²) in [5.74, 6) is 1.58. The predicted octanol–water partition coefficient (Wildman–Crippen LogP) is 2.35. The second-order valence-electron chi connectivity index (χ2n) is 5.72. The van der Waals surface area contributed by atoms with Crippen LogP contribution in [0.25, 0.3) is 0 Å². The van der Waals surface area contributed by atoms with Crippen molar-refractivity contribution in [2.75, 3.05) is 26.2 Å². The van der Waals surface area contributed by atoms with Gasteiger partial charge in [-0.15, -0.1) is 0 Å². The first-order valence-corrected chi connectivity index (χ1v) is 6.54. The fourth-order valence-electron chi connectivity index (χ4n) is 2.48. The van der Waals surface area contributed by atoms with Crippen molar-refractivity contribution in [3.63, 3.8) is 0 Å². The van der Waals surface area contributed by atoms with Gasteiger partial charge in [-0.3, -0.25) is 4.90 Å². The van der Waals surface area contributed by atoms with E-state index in [1.807, 2.05) is 0 Å². The lowest BCUT2D eigenvalue weighted by Gasteiger charge is -2.36. The van der Waals surface area contributed by atoms with E-state index < -0.39 is 0 Å². The molecule has 90 valence electrons. The molecule has 0 atom stereocenters. The molecular formula is C13H28N2. The fourth-order valence-corrected chi connectivity index (χ4v) is 2.48. The maximum absolute atomic E-state index is 3.45. The Morgan fingerprint density at radius 1 is 1.00 bits per heavy atom. The highest BCUT2D eigenvalue weighted by atomic mass is 15.2. The maximum Gasteiger partial charge on any atom is 0.0120 e. The Morgan fingerprint density at radius 3 is 1.87 bits per heavy atom. The minimum atomic E-state index is 0.790. The van der Waals surface area contributed by atoms with E-state index in [1.165, 1.54) is 39.0 Å². The Bertz CT molecular complexity index is 150. The van der Waals surface area contributed by atoms with Crippen LogP contribution in [-0.4, -0.2) is 37.1 Å². The Hall–Kier alpha value is -0.0800. The summed E-state index contributed by atoms with van der Waals surface area (Å²) in [6.45, 7) is 14.3. The average molecular weight is 212 g/mol. The molecule has 2 nitrogen and oxygen atoms in total. The van der Waals surface area contributed by atoms with Crippen LogP contribution in [0.2, 0.25) is 0 Å². The summed E-state index contributed by atoms with van der Waals surface area (Å²) >= 11 is 0.